The molecule has 1 unspecified atom stereocenters. The van der Waals surface area contributed by atoms with E-state index < -0.39 is 5.60 Å². The van der Waals surface area contributed by atoms with Gasteiger partial charge in [0.2, 0.25) is 0 Å². The van der Waals surface area contributed by atoms with Gasteiger partial charge >= 0.3 is 0 Å². The fourth-order valence-electron chi connectivity index (χ4n) is 1.43. The van der Waals surface area contributed by atoms with E-state index in [0.717, 1.165) is 0 Å². The molecular weight excluding hydrogens is 210 g/mol. The van der Waals surface area contributed by atoms with Crippen molar-refractivity contribution in [3.8, 4) is 0 Å². The number of aliphatic hydroxyl groups is 1. The minimum atomic E-state index is -0.921. The third-order valence-electron chi connectivity index (χ3n) is 2.19. The van der Waals surface area contributed by atoms with E-state index in [0.29, 0.717) is 12.0 Å². The van der Waals surface area contributed by atoms with E-state index in [4.69, 9.17) is 4.74 Å². The minimum absolute atomic E-state index is 0.249. The minimum Gasteiger partial charge on any atom is -0.389 e. The topological polar surface area (TPSA) is 77.2 Å². The smallest absolute Gasteiger partial charge is 0.172 e. The number of aldehydes is 1. The summed E-state index contributed by atoms with van der Waals surface area (Å²) >= 11 is 0. The van der Waals surface area contributed by atoms with Crippen LogP contribution in [-0.4, -0.2) is 39.1 Å². The van der Waals surface area contributed by atoms with Crippen LogP contribution in [0.25, 0.3) is 0 Å². The highest BCUT2D eigenvalue weighted by atomic mass is 16.5. The van der Waals surface area contributed by atoms with Gasteiger partial charge in [0.15, 0.2) is 12.0 Å². The number of ether oxygens (including phenoxy) is 1. The molecule has 0 fully saturated rings. The van der Waals surface area contributed by atoms with Crippen LogP contribution in [0.15, 0.2) is 0 Å². The second-order valence-corrected chi connectivity index (χ2v) is 4.33. The molecule has 6 nitrogen and oxygen atoms in total. The second kappa shape index (κ2) is 4.71. The van der Waals surface area contributed by atoms with Gasteiger partial charge in [-0.15, -0.1) is 5.10 Å². The van der Waals surface area contributed by atoms with Crippen LogP contribution in [0.5, 0.6) is 0 Å². The van der Waals surface area contributed by atoms with Crippen LogP contribution in [0.3, 0.4) is 0 Å². The maximum absolute atomic E-state index is 10.8. The van der Waals surface area contributed by atoms with E-state index in [2.05, 4.69) is 10.3 Å². The van der Waals surface area contributed by atoms with Gasteiger partial charge in [-0.2, -0.15) is 0 Å². The number of hydrogen-bond donors (Lipinski definition) is 1. The van der Waals surface area contributed by atoms with Gasteiger partial charge in [0.05, 0.1) is 23.9 Å². The Hall–Kier alpha value is -1.27. The fraction of sp³-hybridized carbons (Fsp3) is 0.700. The molecule has 1 atom stereocenters. The summed E-state index contributed by atoms with van der Waals surface area (Å²) in [4.78, 5) is 10.8. The van der Waals surface area contributed by atoms with Crippen molar-refractivity contribution in [2.75, 3.05) is 7.11 Å². The molecule has 1 aromatic heterocycles. The predicted octanol–water partition coefficient (Wildman–Crippen LogP) is 0.569. The number of methoxy groups -OCH3 is 1. The molecule has 0 aliphatic rings. The van der Waals surface area contributed by atoms with Crippen LogP contribution in [0.2, 0.25) is 0 Å². The zero-order valence-corrected chi connectivity index (χ0v) is 9.97. The number of carbonyl (C=O) groups is 1. The molecule has 0 radical (unpaired) electrons. The summed E-state index contributed by atoms with van der Waals surface area (Å²) in [5.74, 6) is 0. The Morgan fingerprint density at radius 2 is 2.25 bits per heavy atom. The van der Waals surface area contributed by atoms with E-state index in [1.54, 1.807) is 27.9 Å². The molecule has 1 N–H and O–H groups in total. The van der Waals surface area contributed by atoms with Gasteiger partial charge in [-0.1, -0.05) is 5.21 Å². The summed E-state index contributed by atoms with van der Waals surface area (Å²) in [6.07, 6.45) is 0.344. The molecule has 90 valence electrons. The Morgan fingerprint density at radius 3 is 2.69 bits per heavy atom. The number of hydrogen-bond acceptors (Lipinski definition) is 5. The predicted molar refractivity (Wildman–Crippen MR) is 57.1 cm³/mol. The van der Waals surface area contributed by atoms with Gasteiger partial charge in [0, 0.05) is 7.11 Å². The van der Waals surface area contributed by atoms with Gasteiger partial charge in [-0.3, -0.25) is 4.79 Å². The zero-order chi connectivity index (χ0) is 12.3. The quantitative estimate of drug-likeness (QED) is 0.744. The number of rotatable bonds is 5. The third-order valence-corrected chi connectivity index (χ3v) is 2.19. The van der Waals surface area contributed by atoms with Crippen LogP contribution in [0.1, 0.15) is 43.1 Å². The first-order chi connectivity index (χ1) is 7.39. The first-order valence-corrected chi connectivity index (χ1v) is 5.02. The van der Waals surface area contributed by atoms with Crippen molar-refractivity contribution < 1.29 is 14.6 Å². The van der Waals surface area contributed by atoms with Gasteiger partial charge in [-0.25, -0.2) is 4.68 Å². The Labute approximate surface area is 94.2 Å². The third kappa shape index (κ3) is 2.86. The van der Waals surface area contributed by atoms with E-state index >= 15 is 0 Å². The normalized spacial score (nSPS) is 13.8. The van der Waals surface area contributed by atoms with Crippen molar-refractivity contribution in [1.29, 1.82) is 0 Å². The second-order valence-electron chi connectivity index (χ2n) is 4.33. The molecule has 0 spiro atoms. The lowest BCUT2D eigenvalue weighted by Gasteiger charge is -2.19. The van der Waals surface area contributed by atoms with Crippen molar-refractivity contribution in [2.45, 2.75) is 39.0 Å². The van der Waals surface area contributed by atoms with Crippen LogP contribution < -0.4 is 0 Å². The molecular formula is C10H17N3O3. The summed E-state index contributed by atoms with van der Waals surface area (Å²) in [5.41, 5.74) is -0.0889. The van der Waals surface area contributed by atoms with Gasteiger partial charge in [0.25, 0.3) is 0 Å². The molecule has 1 rings (SSSR count). The standard InChI is InChI=1S/C10H17N3O3/c1-7(16-4)9-8(5-14)11-12-13(9)6-10(2,3)15/h5,7,15H,6H2,1-4H3. The molecule has 0 saturated carbocycles. The monoisotopic (exact) mass is 227 g/mol. The summed E-state index contributed by atoms with van der Waals surface area (Å²) in [6, 6.07) is 0. The van der Waals surface area contributed by atoms with Crippen LogP contribution in [0, 0.1) is 0 Å². The highest BCUT2D eigenvalue weighted by molar-refractivity contribution is 5.73. The molecule has 0 aliphatic carbocycles. The lowest BCUT2D eigenvalue weighted by Crippen LogP contribution is -2.28. The molecule has 0 aliphatic heterocycles. The Bertz CT molecular complexity index is 368. The molecule has 0 amide bonds. The summed E-state index contributed by atoms with van der Waals surface area (Å²) in [5, 5.41) is 17.3. The van der Waals surface area contributed by atoms with Crippen molar-refractivity contribution in [1.82, 2.24) is 15.0 Å². The van der Waals surface area contributed by atoms with Crippen molar-refractivity contribution >= 4 is 6.29 Å². The summed E-state index contributed by atoms with van der Waals surface area (Å²) in [7, 11) is 1.54. The summed E-state index contributed by atoms with van der Waals surface area (Å²) in [6.45, 7) is 5.39. The molecule has 1 heterocycles. The number of carbonyl (C=O) groups excluding carboxylic acids is 1. The van der Waals surface area contributed by atoms with E-state index in [-0.39, 0.29) is 18.3 Å². The summed E-state index contributed by atoms with van der Waals surface area (Å²) < 4.78 is 6.65. The Morgan fingerprint density at radius 1 is 1.62 bits per heavy atom. The average molecular weight is 227 g/mol. The van der Waals surface area contributed by atoms with E-state index in [1.165, 1.54) is 4.68 Å². The molecule has 0 aromatic carbocycles. The molecule has 0 bridgehead atoms. The first-order valence-electron chi connectivity index (χ1n) is 5.02. The fourth-order valence-corrected chi connectivity index (χ4v) is 1.43. The molecule has 0 saturated heterocycles. The Kier molecular flexibility index (Phi) is 3.77. The SMILES string of the molecule is COC(C)c1c(C=O)nnn1CC(C)(C)O. The van der Waals surface area contributed by atoms with Crippen LogP contribution in [0.4, 0.5) is 0 Å². The van der Waals surface area contributed by atoms with Crippen LogP contribution >= 0.6 is 0 Å². The van der Waals surface area contributed by atoms with Gasteiger partial charge in [-0.05, 0) is 20.8 Å². The highest BCUT2D eigenvalue weighted by Gasteiger charge is 2.23. The average Bonchev–Trinajstić information content (AvgIpc) is 2.57. The van der Waals surface area contributed by atoms with Gasteiger partial charge < -0.3 is 9.84 Å². The zero-order valence-electron chi connectivity index (χ0n) is 9.97. The number of nitrogens with zero attached hydrogens (tertiary/aromatic N) is 3. The number of aromatic nitrogens is 3. The van der Waals surface area contributed by atoms with Crippen molar-refractivity contribution in [3.05, 3.63) is 11.4 Å². The molecule has 6 heteroatoms. The van der Waals surface area contributed by atoms with Crippen molar-refractivity contribution in [3.63, 3.8) is 0 Å². The van der Waals surface area contributed by atoms with Crippen LogP contribution in [-0.2, 0) is 11.3 Å². The van der Waals surface area contributed by atoms with E-state index in [9.17, 15) is 9.90 Å². The van der Waals surface area contributed by atoms with E-state index in [1.807, 2.05) is 0 Å². The Balaban J connectivity index is 3.09. The highest BCUT2D eigenvalue weighted by Crippen LogP contribution is 2.19. The van der Waals surface area contributed by atoms with Gasteiger partial charge in [0.1, 0.15) is 0 Å². The first kappa shape index (κ1) is 12.8. The molecule has 16 heavy (non-hydrogen) atoms. The maximum Gasteiger partial charge on any atom is 0.172 e. The maximum atomic E-state index is 10.8. The lowest BCUT2D eigenvalue weighted by molar-refractivity contribution is 0.0500. The molecule has 1 aromatic rings. The van der Waals surface area contributed by atoms with Crippen molar-refractivity contribution in [2.24, 2.45) is 0 Å². The lowest BCUT2D eigenvalue weighted by atomic mass is 10.1. The largest absolute Gasteiger partial charge is 0.389 e.